The number of carbonyl (C=O) groups excluding carboxylic acids is 3. The number of hydrogen-bond acceptors (Lipinski definition) is 5. The number of nitrogens with zero attached hydrogens (tertiary/aromatic N) is 2. The lowest BCUT2D eigenvalue weighted by Crippen LogP contribution is -2.42. The zero-order chi connectivity index (χ0) is 33.9. The lowest BCUT2D eigenvalue weighted by molar-refractivity contribution is -0.138. The van der Waals surface area contributed by atoms with E-state index >= 15 is 0 Å². The van der Waals surface area contributed by atoms with Crippen LogP contribution in [0.25, 0.3) is 0 Å². The monoisotopic (exact) mass is 642 g/mol. The smallest absolute Gasteiger partial charge is 0.319 e. The number of ether oxygens (including phenoxy) is 1. The van der Waals surface area contributed by atoms with Crippen LogP contribution in [0.15, 0.2) is 66.7 Å². The van der Waals surface area contributed by atoms with Crippen LogP contribution in [0, 0.1) is 19.8 Å². The van der Waals surface area contributed by atoms with E-state index < -0.39 is 17.9 Å². The van der Waals surface area contributed by atoms with Crippen LogP contribution in [-0.2, 0) is 14.4 Å². The van der Waals surface area contributed by atoms with Crippen molar-refractivity contribution in [2.75, 3.05) is 41.9 Å². The highest BCUT2D eigenvalue weighted by atomic mass is 16.5. The number of para-hydroxylation sites is 2. The molecule has 1 atom stereocenters. The Morgan fingerprint density at radius 1 is 0.915 bits per heavy atom. The van der Waals surface area contributed by atoms with Crippen LogP contribution in [0.5, 0.6) is 5.75 Å². The van der Waals surface area contributed by atoms with E-state index in [1.165, 1.54) is 19.3 Å². The summed E-state index contributed by atoms with van der Waals surface area (Å²) in [6.45, 7) is 5.50. The second-order valence-electron chi connectivity index (χ2n) is 12.4. The van der Waals surface area contributed by atoms with Gasteiger partial charge in [0.1, 0.15) is 5.75 Å². The average molecular weight is 643 g/mol. The van der Waals surface area contributed by atoms with E-state index in [2.05, 4.69) is 10.6 Å². The van der Waals surface area contributed by atoms with E-state index in [1.807, 2.05) is 38.1 Å². The van der Waals surface area contributed by atoms with Crippen LogP contribution in [0.4, 0.5) is 21.9 Å². The van der Waals surface area contributed by atoms with Crippen molar-refractivity contribution in [1.82, 2.24) is 5.32 Å². The molecule has 0 spiro atoms. The first kappa shape index (κ1) is 35.0. The lowest BCUT2D eigenvalue weighted by Gasteiger charge is -2.29. The number of urea groups is 1. The van der Waals surface area contributed by atoms with E-state index in [9.17, 15) is 24.3 Å². The molecular weight excluding hydrogens is 596 g/mol. The molecule has 0 heterocycles. The Morgan fingerprint density at radius 3 is 2.32 bits per heavy atom. The molecule has 3 aromatic carbocycles. The molecular formula is C37H46N4O6. The fourth-order valence-electron chi connectivity index (χ4n) is 5.95. The van der Waals surface area contributed by atoms with Gasteiger partial charge in [0.2, 0.25) is 5.91 Å². The zero-order valence-electron chi connectivity index (χ0n) is 27.8. The third kappa shape index (κ3) is 10.1. The predicted molar refractivity (Wildman–Crippen MR) is 184 cm³/mol. The van der Waals surface area contributed by atoms with E-state index in [0.29, 0.717) is 35.2 Å². The molecule has 1 aliphatic carbocycles. The molecule has 250 valence electrons. The first-order valence-electron chi connectivity index (χ1n) is 16.3. The number of hydrogen-bond donors (Lipinski definition) is 3. The van der Waals surface area contributed by atoms with Gasteiger partial charge in [0.15, 0.2) is 6.61 Å². The quantitative estimate of drug-likeness (QED) is 0.191. The highest BCUT2D eigenvalue weighted by Gasteiger charge is 2.24. The number of nitrogens with one attached hydrogen (secondary N) is 2. The average Bonchev–Trinajstić information content (AvgIpc) is 3.06. The summed E-state index contributed by atoms with van der Waals surface area (Å²) >= 11 is 0. The molecule has 1 unspecified atom stereocenters. The summed E-state index contributed by atoms with van der Waals surface area (Å²) in [7, 11) is 1.71. The van der Waals surface area contributed by atoms with Gasteiger partial charge in [-0.1, -0.05) is 62.4 Å². The van der Waals surface area contributed by atoms with Crippen molar-refractivity contribution in [1.29, 1.82) is 0 Å². The van der Waals surface area contributed by atoms with Crippen molar-refractivity contribution < 1.29 is 29.0 Å². The number of aryl methyl sites for hydroxylation is 2. The van der Waals surface area contributed by atoms with E-state index in [0.717, 1.165) is 36.1 Å². The minimum absolute atomic E-state index is 0.217. The number of aliphatic carboxylic acids is 1. The molecule has 0 saturated heterocycles. The van der Waals surface area contributed by atoms with Gasteiger partial charge in [-0.25, -0.2) is 4.79 Å². The number of carbonyl (C=O) groups is 4. The van der Waals surface area contributed by atoms with Gasteiger partial charge in [0.05, 0.1) is 18.2 Å². The summed E-state index contributed by atoms with van der Waals surface area (Å²) in [5.74, 6) is -1.34. The van der Waals surface area contributed by atoms with Crippen LogP contribution in [-0.4, -0.2) is 55.7 Å². The summed E-state index contributed by atoms with van der Waals surface area (Å²) in [6.07, 6.45) is 6.66. The van der Waals surface area contributed by atoms with Gasteiger partial charge in [-0.05, 0) is 86.2 Å². The van der Waals surface area contributed by atoms with Crippen molar-refractivity contribution in [3.8, 4) is 5.75 Å². The summed E-state index contributed by atoms with van der Waals surface area (Å²) in [6, 6.07) is 19.1. The van der Waals surface area contributed by atoms with E-state index in [-0.39, 0.29) is 25.0 Å². The first-order chi connectivity index (χ1) is 22.5. The second-order valence-corrected chi connectivity index (χ2v) is 12.4. The van der Waals surface area contributed by atoms with Gasteiger partial charge in [0, 0.05) is 25.0 Å². The van der Waals surface area contributed by atoms with Crippen LogP contribution < -0.4 is 25.2 Å². The van der Waals surface area contributed by atoms with Gasteiger partial charge in [-0.3, -0.25) is 14.4 Å². The molecule has 3 N–H and O–H groups in total. The van der Waals surface area contributed by atoms with E-state index in [1.54, 1.807) is 66.2 Å². The number of benzene rings is 3. The van der Waals surface area contributed by atoms with Gasteiger partial charge < -0.3 is 30.3 Å². The topological polar surface area (TPSA) is 128 Å². The minimum atomic E-state index is -0.965. The van der Waals surface area contributed by atoms with Crippen LogP contribution in [0.2, 0.25) is 0 Å². The van der Waals surface area contributed by atoms with Gasteiger partial charge in [0.25, 0.3) is 5.91 Å². The van der Waals surface area contributed by atoms with Crippen LogP contribution in [0.3, 0.4) is 0 Å². The Morgan fingerprint density at radius 2 is 1.62 bits per heavy atom. The zero-order valence-corrected chi connectivity index (χ0v) is 27.8. The molecule has 4 rings (SSSR count). The van der Waals surface area contributed by atoms with E-state index in [4.69, 9.17) is 4.74 Å². The highest BCUT2D eigenvalue weighted by Crippen LogP contribution is 2.32. The fraction of sp³-hybridized carbons (Fsp3) is 0.405. The van der Waals surface area contributed by atoms with Crippen molar-refractivity contribution in [2.45, 2.75) is 65.2 Å². The number of amides is 4. The maximum absolute atomic E-state index is 13.7. The molecule has 0 radical (unpaired) electrons. The predicted octanol–water partition coefficient (Wildman–Crippen LogP) is 6.66. The number of carboxylic acids is 1. The number of anilines is 3. The molecule has 0 bridgehead atoms. The fourth-order valence-corrected chi connectivity index (χ4v) is 5.95. The molecule has 4 amide bonds. The Bertz CT molecular complexity index is 1550. The molecule has 1 fully saturated rings. The standard InChI is InChI=1S/C37H46N4O6/c1-25-19-26(2)21-31(20-25)40(4)35(43)24-47-33-16-9-8-15-32(33)41(18-17-28-11-6-5-7-12-28)34(42)23-38-37(46)39-30-14-10-13-29(22-30)27(3)36(44)45/h8-10,13-16,19-22,27-28H,5-7,11-12,17-18,23-24H2,1-4H3,(H,44,45)(H2,38,39,46). The summed E-state index contributed by atoms with van der Waals surface area (Å²) < 4.78 is 6.05. The number of rotatable bonds is 13. The molecule has 3 aromatic rings. The first-order valence-corrected chi connectivity index (χ1v) is 16.3. The molecule has 1 saturated carbocycles. The molecule has 10 heteroatoms. The molecule has 1 aliphatic rings. The number of carboxylic acid groups (broad SMARTS) is 1. The van der Waals surface area contributed by atoms with Crippen LogP contribution in [0.1, 0.15) is 68.1 Å². The van der Waals surface area contributed by atoms with Crippen LogP contribution >= 0.6 is 0 Å². The Labute approximate surface area is 277 Å². The van der Waals surface area contributed by atoms with Crippen molar-refractivity contribution in [3.63, 3.8) is 0 Å². The molecule has 10 nitrogen and oxygen atoms in total. The largest absolute Gasteiger partial charge is 0.482 e. The van der Waals surface area contributed by atoms with Crippen molar-refractivity contribution >= 4 is 40.9 Å². The van der Waals surface area contributed by atoms with Crippen molar-refractivity contribution in [2.24, 2.45) is 5.92 Å². The summed E-state index contributed by atoms with van der Waals surface area (Å²) in [4.78, 5) is 54.2. The molecule has 0 aliphatic heterocycles. The normalized spacial score (nSPS) is 13.7. The Balaban J connectivity index is 1.45. The highest BCUT2D eigenvalue weighted by molar-refractivity contribution is 6.00. The lowest BCUT2D eigenvalue weighted by atomic mass is 9.87. The second kappa shape index (κ2) is 16.6. The van der Waals surface area contributed by atoms with Gasteiger partial charge in [-0.15, -0.1) is 0 Å². The third-order valence-electron chi connectivity index (χ3n) is 8.68. The Kier molecular flexibility index (Phi) is 12.4. The third-order valence-corrected chi connectivity index (χ3v) is 8.68. The maximum atomic E-state index is 13.7. The van der Waals surface area contributed by atoms with Gasteiger partial charge in [-0.2, -0.15) is 0 Å². The van der Waals surface area contributed by atoms with Gasteiger partial charge >= 0.3 is 12.0 Å². The maximum Gasteiger partial charge on any atom is 0.319 e. The minimum Gasteiger partial charge on any atom is -0.482 e. The molecule has 47 heavy (non-hydrogen) atoms. The SMILES string of the molecule is Cc1cc(C)cc(N(C)C(=O)COc2ccccc2N(CCC2CCCCC2)C(=O)CNC(=O)Nc2cccc(C(C)C(=O)O)c2)c1. The number of likely N-dealkylation sites (N-methyl/N-ethyl adjacent to an activating group) is 1. The van der Waals surface area contributed by atoms with Crippen molar-refractivity contribution in [3.05, 3.63) is 83.4 Å². The summed E-state index contributed by atoms with van der Waals surface area (Å²) in [5.41, 5.74) is 4.40. The molecule has 0 aromatic heterocycles. The Hall–Kier alpha value is -4.86. The summed E-state index contributed by atoms with van der Waals surface area (Å²) in [5, 5.41) is 14.7.